The number of hydrogen-bond donors (Lipinski definition) is 1. The summed E-state index contributed by atoms with van der Waals surface area (Å²) in [5, 5.41) is 4.38. The van der Waals surface area contributed by atoms with E-state index in [-0.39, 0.29) is 18.5 Å². The third kappa shape index (κ3) is 4.17. The number of thiophene rings is 1. The highest BCUT2D eigenvalue weighted by molar-refractivity contribution is 7.17. The molecule has 7 heteroatoms. The zero-order valence-electron chi connectivity index (χ0n) is 19.9. The first-order chi connectivity index (χ1) is 17.0. The molecular formula is C28H26N2O4S. The maximum absolute atomic E-state index is 13.8. The molecule has 2 aromatic heterocycles. The van der Waals surface area contributed by atoms with Crippen molar-refractivity contribution < 1.29 is 19.1 Å². The van der Waals surface area contributed by atoms with Gasteiger partial charge in [-0.2, -0.15) is 0 Å². The Bertz CT molecular complexity index is 1440. The summed E-state index contributed by atoms with van der Waals surface area (Å²) in [6, 6.07) is 15.3. The van der Waals surface area contributed by atoms with E-state index in [0.717, 1.165) is 63.2 Å². The van der Waals surface area contributed by atoms with Crippen molar-refractivity contribution in [2.24, 2.45) is 0 Å². The van der Waals surface area contributed by atoms with Gasteiger partial charge in [-0.15, -0.1) is 11.3 Å². The molecule has 0 aliphatic heterocycles. The zero-order valence-corrected chi connectivity index (χ0v) is 20.8. The van der Waals surface area contributed by atoms with Crippen LogP contribution in [0.15, 0.2) is 48.5 Å². The SMILES string of the molecule is CCOC(=O)c1c(NC(=O)c2c(C)c(-c3ccc(OC)cc3)nc3ccccc23)sc2c1CCC2. The minimum absolute atomic E-state index is 0.263. The van der Waals surface area contributed by atoms with E-state index in [1.807, 2.05) is 55.5 Å². The second kappa shape index (κ2) is 9.50. The number of carbonyl (C=O) groups is 2. The van der Waals surface area contributed by atoms with Crippen LogP contribution in [-0.2, 0) is 17.6 Å². The largest absolute Gasteiger partial charge is 0.497 e. The number of aromatic nitrogens is 1. The van der Waals surface area contributed by atoms with Crippen molar-refractivity contribution in [2.75, 3.05) is 19.0 Å². The molecule has 0 fully saturated rings. The maximum Gasteiger partial charge on any atom is 0.341 e. The zero-order chi connectivity index (χ0) is 24.5. The molecule has 6 nitrogen and oxygen atoms in total. The molecular weight excluding hydrogens is 460 g/mol. The third-order valence-corrected chi connectivity index (χ3v) is 7.56. The van der Waals surface area contributed by atoms with Gasteiger partial charge in [0.25, 0.3) is 5.91 Å². The number of hydrogen-bond acceptors (Lipinski definition) is 6. The first-order valence-corrected chi connectivity index (χ1v) is 12.5. The lowest BCUT2D eigenvalue weighted by atomic mass is 9.97. The fourth-order valence-corrected chi connectivity index (χ4v) is 5.98. The number of esters is 1. The number of ether oxygens (including phenoxy) is 2. The van der Waals surface area contributed by atoms with Crippen LogP contribution in [-0.4, -0.2) is 30.6 Å². The van der Waals surface area contributed by atoms with Crippen molar-refractivity contribution in [3.8, 4) is 17.0 Å². The quantitative estimate of drug-likeness (QED) is 0.329. The van der Waals surface area contributed by atoms with Gasteiger partial charge in [-0.25, -0.2) is 9.78 Å². The average molecular weight is 487 g/mol. The highest BCUT2D eigenvalue weighted by Gasteiger charge is 2.29. The van der Waals surface area contributed by atoms with E-state index in [0.29, 0.717) is 16.1 Å². The lowest BCUT2D eigenvalue weighted by Crippen LogP contribution is -2.17. The summed E-state index contributed by atoms with van der Waals surface area (Å²) < 4.78 is 10.6. The number of amides is 1. The molecule has 5 rings (SSSR count). The summed E-state index contributed by atoms with van der Waals surface area (Å²) >= 11 is 1.48. The molecule has 1 N–H and O–H groups in total. The number of aryl methyl sites for hydroxylation is 1. The van der Waals surface area contributed by atoms with Crippen molar-refractivity contribution >= 4 is 39.1 Å². The summed E-state index contributed by atoms with van der Waals surface area (Å²) in [6.45, 7) is 3.99. The van der Waals surface area contributed by atoms with Gasteiger partial charge in [0.1, 0.15) is 10.8 Å². The fourth-order valence-electron chi connectivity index (χ4n) is 4.71. The molecule has 0 atom stereocenters. The Hall–Kier alpha value is -3.71. The summed E-state index contributed by atoms with van der Waals surface area (Å²) in [4.78, 5) is 32.6. The molecule has 178 valence electrons. The van der Waals surface area contributed by atoms with Gasteiger partial charge in [0.15, 0.2) is 0 Å². The molecule has 2 heterocycles. The van der Waals surface area contributed by atoms with E-state index in [1.165, 1.54) is 11.3 Å². The van der Waals surface area contributed by atoms with Crippen molar-refractivity contribution in [2.45, 2.75) is 33.1 Å². The van der Waals surface area contributed by atoms with Crippen LogP contribution < -0.4 is 10.1 Å². The number of fused-ring (bicyclic) bond motifs is 2. The molecule has 0 saturated carbocycles. The highest BCUT2D eigenvalue weighted by Crippen LogP contribution is 2.40. The lowest BCUT2D eigenvalue weighted by molar-refractivity contribution is 0.0527. The second-order valence-corrected chi connectivity index (χ2v) is 9.55. The van der Waals surface area contributed by atoms with Gasteiger partial charge in [0.05, 0.1) is 36.1 Å². The molecule has 0 bridgehead atoms. The maximum atomic E-state index is 13.8. The van der Waals surface area contributed by atoms with Gasteiger partial charge < -0.3 is 14.8 Å². The number of nitrogens with one attached hydrogen (secondary N) is 1. The summed E-state index contributed by atoms with van der Waals surface area (Å²) in [5.74, 6) is 0.112. The number of pyridine rings is 1. The standard InChI is InChI=1S/C28H26N2O4S/c1-4-34-28(32)24-20-9-7-11-22(20)35-27(24)30-26(31)23-16(2)25(17-12-14-18(33-3)15-13-17)29-21-10-6-5-8-19(21)23/h5-6,8,10,12-15H,4,7,9,11H2,1-3H3,(H,30,31). The van der Waals surface area contributed by atoms with Gasteiger partial charge in [-0.3, -0.25) is 4.79 Å². The summed E-state index contributed by atoms with van der Waals surface area (Å²) in [7, 11) is 1.63. The van der Waals surface area contributed by atoms with Crippen molar-refractivity contribution in [3.63, 3.8) is 0 Å². The van der Waals surface area contributed by atoms with Crippen molar-refractivity contribution in [1.82, 2.24) is 4.98 Å². The van der Waals surface area contributed by atoms with Gasteiger partial charge in [0, 0.05) is 15.8 Å². The van der Waals surface area contributed by atoms with Crippen LogP contribution in [0.25, 0.3) is 22.2 Å². The summed E-state index contributed by atoms with van der Waals surface area (Å²) in [6.07, 6.45) is 2.76. The summed E-state index contributed by atoms with van der Waals surface area (Å²) in [5.41, 5.74) is 5.19. The normalized spacial score (nSPS) is 12.4. The Kier molecular flexibility index (Phi) is 6.26. The minimum Gasteiger partial charge on any atom is -0.497 e. The van der Waals surface area contributed by atoms with E-state index in [1.54, 1.807) is 14.0 Å². The number of rotatable bonds is 6. The Labute approximate surface area is 207 Å². The topological polar surface area (TPSA) is 77.5 Å². The number of methoxy groups -OCH3 is 1. The fraction of sp³-hybridized carbons (Fsp3) is 0.250. The van der Waals surface area contributed by atoms with Gasteiger partial charge in [-0.1, -0.05) is 18.2 Å². The van der Waals surface area contributed by atoms with Crippen LogP contribution in [0.1, 0.15) is 50.1 Å². The van der Waals surface area contributed by atoms with Crippen LogP contribution in [0.5, 0.6) is 5.75 Å². The predicted octanol–water partition coefficient (Wildman–Crippen LogP) is 6.20. The van der Waals surface area contributed by atoms with Crippen LogP contribution in [0.3, 0.4) is 0 Å². The Morgan fingerprint density at radius 2 is 1.83 bits per heavy atom. The van der Waals surface area contributed by atoms with E-state index in [2.05, 4.69) is 5.32 Å². The molecule has 35 heavy (non-hydrogen) atoms. The Morgan fingerprint density at radius 1 is 1.06 bits per heavy atom. The average Bonchev–Trinajstić information content (AvgIpc) is 3.44. The molecule has 0 saturated heterocycles. The number of para-hydroxylation sites is 1. The van der Waals surface area contributed by atoms with Crippen LogP contribution in [0.2, 0.25) is 0 Å². The molecule has 0 radical (unpaired) electrons. The minimum atomic E-state index is -0.377. The third-order valence-electron chi connectivity index (χ3n) is 6.35. The molecule has 1 amide bonds. The molecule has 0 unspecified atom stereocenters. The molecule has 0 spiro atoms. The monoisotopic (exact) mass is 486 g/mol. The number of carbonyl (C=O) groups excluding carboxylic acids is 2. The molecule has 1 aliphatic carbocycles. The van der Waals surface area contributed by atoms with Crippen LogP contribution in [0.4, 0.5) is 5.00 Å². The Morgan fingerprint density at radius 3 is 2.57 bits per heavy atom. The van der Waals surface area contributed by atoms with E-state index in [9.17, 15) is 9.59 Å². The smallest absolute Gasteiger partial charge is 0.341 e. The number of benzene rings is 2. The molecule has 2 aromatic carbocycles. The van der Waals surface area contributed by atoms with E-state index >= 15 is 0 Å². The first kappa shape index (κ1) is 23.1. The van der Waals surface area contributed by atoms with Gasteiger partial charge >= 0.3 is 5.97 Å². The van der Waals surface area contributed by atoms with Crippen molar-refractivity contribution in [3.05, 3.63) is 75.7 Å². The molecule has 1 aliphatic rings. The van der Waals surface area contributed by atoms with Gasteiger partial charge in [-0.05, 0) is 74.6 Å². The highest BCUT2D eigenvalue weighted by atomic mass is 32.1. The second-order valence-electron chi connectivity index (χ2n) is 8.44. The molecule has 4 aromatic rings. The number of anilines is 1. The first-order valence-electron chi connectivity index (χ1n) is 11.7. The van der Waals surface area contributed by atoms with Crippen LogP contribution in [0, 0.1) is 6.92 Å². The lowest BCUT2D eigenvalue weighted by Gasteiger charge is -2.15. The van der Waals surface area contributed by atoms with Crippen molar-refractivity contribution in [1.29, 1.82) is 0 Å². The van der Waals surface area contributed by atoms with Gasteiger partial charge in [0.2, 0.25) is 0 Å². The predicted molar refractivity (Wildman–Crippen MR) is 139 cm³/mol. The van der Waals surface area contributed by atoms with Crippen LogP contribution >= 0.6 is 11.3 Å². The Balaban J connectivity index is 1.60. The number of nitrogens with zero attached hydrogens (tertiary/aromatic N) is 1. The van der Waals surface area contributed by atoms with E-state index < -0.39 is 0 Å². The van der Waals surface area contributed by atoms with E-state index in [4.69, 9.17) is 14.5 Å².